The number of nitrogens with zero attached hydrogens (tertiary/aromatic N) is 2. The Labute approximate surface area is 111 Å². The van der Waals surface area contributed by atoms with E-state index in [4.69, 9.17) is 0 Å². The van der Waals surface area contributed by atoms with Gasteiger partial charge in [0.2, 0.25) is 0 Å². The van der Waals surface area contributed by atoms with Crippen molar-refractivity contribution in [2.75, 3.05) is 24.3 Å². The van der Waals surface area contributed by atoms with E-state index in [2.05, 4.69) is 22.4 Å². The summed E-state index contributed by atoms with van der Waals surface area (Å²) in [4.78, 5) is 6.48. The van der Waals surface area contributed by atoms with Gasteiger partial charge in [-0.3, -0.25) is 0 Å². The highest BCUT2D eigenvalue weighted by atomic mass is 15.1. The Kier molecular flexibility index (Phi) is 4.85. The standard InChI is InChI=1S/C15H25N3/c1-18(2)15-11-10-14(12-16-15)17-13-8-6-4-3-5-7-9-13/h10-13,17H,3-9H2,1-2H3. The van der Waals surface area contributed by atoms with Crippen molar-refractivity contribution >= 4 is 11.5 Å². The van der Waals surface area contributed by atoms with Crippen LogP contribution in [0.4, 0.5) is 11.5 Å². The lowest BCUT2D eigenvalue weighted by molar-refractivity contribution is 0.471. The van der Waals surface area contributed by atoms with Crippen molar-refractivity contribution in [3.63, 3.8) is 0 Å². The molecule has 0 atom stereocenters. The van der Waals surface area contributed by atoms with E-state index < -0.39 is 0 Å². The molecule has 0 spiro atoms. The molecule has 0 aromatic carbocycles. The third-order valence-electron chi connectivity index (χ3n) is 3.68. The number of aromatic nitrogens is 1. The van der Waals surface area contributed by atoms with Crippen LogP contribution < -0.4 is 10.2 Å². The van der Waals surface area contributed by atoms with Crippen LogP contribution in [-0.2, 0) is 0 Å². The van der Waals surface area contributed by atoms with E-state index in [0.717, 1.165) is 11.5 Å². The van der Waals surface area contributed by atoms with Gasteiger partial charge in [0.25, 0.3) is 0 Å². The first kappa shape index (κ1) is 13.2. The second-order valence-electron chi connectivity index (χ2n) is 5.49. The average molecular weight is 247 g/mol. The third kappa shape index (κ3) is 3.90. The molecule has 100 valence electrons. The van der Waals surface area contributed by atoms with Crippen LogP contribution in [-0.4, -0.2) is 25.1 Å². The fourth-order valence-corrected chi connectivity index (χ4v) is 2.57. The summed E-state index contributed by atoms with van der Waals surface area (Å²) >= 11 is 0. The maximum absolute atomic E-state index is 4.45. The number of pyridine rings is 1. The van der Waals surface area contributed by atoms with Crippen molar-refractivity contribution < 1.29 is 0 Å². The summed E-state index contributed by atoms with van der Waals surface area (Å²) in [6, 6.07) is 4.85. The SMILES string of the molecule is CN(C)c1ccc(NC2CCCCCCC2)cn1. The lowest BCUT2D eigenvalue weighted by Gasteiger charge is -2.22. The zero-order valence-electron chi connectivity index (χ0n) is 11.7. The molecule has 1 aromatic heterocycles. The number of anilines is 2. The molecule has 0 unspecified atom stereocenters. The molecule has 1 saturated carbocycles. The van der Waals surface area contributed by atoms with E-state index in [1.165, 1.54) is 44.9 Å². The number of hydrogen-bond acceptors (Lipinski definition) is 3. The van der Waals surface area contributed by atoms with Gasteiger partial charge in [-0.25, -0.2) is 4.98 Å². The van der Waals surface area contributed by atoms with Gasteiger partial charge in [0.1, 0.15) is 5.82 Å². The Hall–Kier alpha value is -1.25. The van der Waals surface area contributed by atoms with E-state index in [1.54, 1.807) is 0 Å². The van der Waals surface area contributed by atoms with Crippen molar-refractivity contribution in [3.8, 4) is 0 Å². The van der Waals surface area contributed by atoms with Crippen LogP contribution in [0.3, 0.4) is 0 Å². The first-order valence-electron chi connectivity index (χ1n) is 7.15. The van der Waals surface area contributed by atoms with Gasteiger partial charge in [-0.1, -0.05) is 32.1 Å². The van der Waals surface area contributed by atoms with Gasteiger partial charge >= 0.3 is 0 Å². The molecule has 1 N–H and O–H groups in total. The van der Waals surface area contributed by atoms with E-state index in [-0.39, 0.29) is 0 Å². The summed E-state index contributed by atoms with van der Waals surface area (Å²) in [5, 5.41) is 3.63. The summed E-state index contributed by atoms with van der Waals surface area (Å²) in [6.07, 6.45) is 11.5. The molecule has 1 aliphatic carbocycles. The molecular weight excluding hydrogens is 222 g/mol. The van der Waals surface area contributed by atoms with Gasteiger partial charge in [-0.05, 0) is 25.0 Å². The molecule has 2 rings (SSSR count). The lowest BCUT2D eigenvalue weighted by Crippen LogP contribution is -2.20. The average Bonchev–Trinajstić information content (AvgIpc) is 2.33. The minimum Gasteiger partial charge on any atom is -0.381 e. The van der Waals surface area contributed by atoms with Crippen LogP contribution in [0.15, 0.2) is 18.3 Å². The Balaban J connectivity index is 1.90. The number of hydrogen-bond donors (Lipinski definition) is 1. The van der Waals surface area contributed by atoms with E-state index in [0.29, 0.717) is 6.04 Å². The molecule has 1 aliphatic rings. The van der Waals surface area contributed by atoms with E-state index >= 15 is 0 Å². The van der Waals surface area contributed by atoms with Crippen molar-refractivity contribution in [2.24, 2.45) is 0 Å². The fourth-order valence-electron chi connectivity index (χ4n) is 2.57. The molecule has 0 amide bonds. The van der Waals surface area contributed by atoms with E-state index in [1.807, 2.05) is 25.2 Å². The largest absolute Gasteiger partial charge is 0.381 e. The summed E-state index contributed by atoms with van der Waals surface area (Å²) in [6.45, 7) is 0. The molecule has 0 aliphatic heterocycles. The van der Waals surface area contributed by atoms with Crippen LogP contribution in [0.25, 0.3) is 0 Å². The zero-order chi connectivity index (χ0) is 12.8. The molecule has 3 nitrogen and oxygen atoms in total. The summed E-state index contributed by atoms with van der Waals surface area (Å²) < 4.78 is 0. The summed E-state index contributed by atoms with van der Waals surface area (Å²) in [5.41, 5.74) is 1.16. The predicted molar refractivity (Wildman–Crippen MR) is 78.3 cm³/mol. The summed E-state index contributed by atoms with van der Waals surface area (Å²) in [7, 11) is 4.04. The molecule has 0 radical (unpaired) electrons. The third-order valence-corrected chi connectivity index (χ3v) is 3.68. The van der Waals surface area contributed by atoms with Gasteiger partial charge in [-0.2, -0.15) is 0 Å². The molecule has 0 saturated heterocycles. The fraction of sp³-hybridized carbons (Fsp3) is 0.667. The highest BCUT2D eigenvalue weighted by Crippen LogP contribution is 2.21. The molecule has 1 fully saturated rings. The predicted octanol–water partition coefficient (Wildman–Crippen LogP) is 3.67. The number of rotatable bonds is 3. The second-order valence-corrected chi connectivity index (χ2v) is 5.49. The van der Waals surface area contributed by atoms with Crippen LogP contribution in [0.5, 0.6) is 0 Å². The van der Waals surface area contributed by atoms with Crippen LogP contribution in [0, 0.1) is 0 Å². The Bertz CT molecular complexity index is 337. The van der Waals surface area contributed by atoms with Crippen molar-refractivity contribution in [3.05, 3.63) is 18.3 Å². The van der Waals surface area contributed by atoms with Crippen molar-refractivity contribution in [1.82, 2.24) is 4.98 Å². The smallest absolute Gasteiger partial charge is 0.128 e. The first-order valence-corrected chi connectivity index (χ1v) is 7.15. The highest BCUT2D eigenvalue weighted by molar-refractivity contribution is 5.48. The summed E-state index contributed by atoms with van der Waals surface area (Å²) in [5.74, 6) is 1.01. The van der Waals surface area contributed by atoms with Gasteiger partial charge in [0.15, 0.2) is 0 Å². The van der Waals surface area contributed by atoms with Gasteiger partial charge in [-0.15, -0.1) is 0 Å². The molecular formula is C15H25N3. The van der Waals surface area contributed by atoms with Gasteiger partial charge in [0, 0.05) is 20.1 Å². The highest BCUT2D eigenvalue weighted by Gasteiger charge is 2.11. The molecule has 1 aromatic rings. The second kappa shape index (κ2) is 6.62. The Morgan fingerprint density at radius 1 is 1.06 bits per heavy atom. The molecule has 1 heterocycles. The van der Waals surface area contributed by atoms with Crippen LogP contribution in [0.2, 0.25) is 0 Å². The molecule has 3 heteroatoms. The minimum absolute atomic E-state index is 0.636. The van der Waals surface area contributed by atoms with Crippen LogP contribution >= 0.6 is 0 Å². The maximum atomic E-state index is 4.45. The topological polar surface area (TPSA) is 28.2 Å². The minimum atomic E-state index is 0.636. The Morgan fingerprint density at radius 3 is 2.28 bits per heavy atom. The molecule has 0 bridgehead atoms. The van der Waals surface area contributed by atoms with E-state index in [9.17, 15) is 0 Å². The van der Waals surface area contributed by atoms with Gasteiger partial charge in [0.05, 0.1) is 11.9 Å². The van der Waals surface area contributed by atoms with Crippen molar-refractivity contribution in [2.45, 2.75) is 51.0 Å². The van der Waals surface area contributed by atoms with Crippen molar-refractivity contribution in [1.29, 1.82) is 0 Å². The molecule has 18 heavy (non-hydrogen) atoms. The first-order chi connectivity index (χ1) is 8.75. The van der Waals surface area contributed by atoms with Crippen LogP contribution in [0.1, 0.15) is 44.9 Å². The van der Waals surface area contributed by atoms with Gasteiger partial charge < -0.3 is 10.2 Å². The normalized spacial score (nSPS) is 17.9. The quantitative estimate of drug-likeness (QED) is 0.883. The monoisotopic (exact) mass is 247 g/mol. The lowest BCUT2D eigenvalue weighted by atomic mass is 9.96. The maximum Gasteiger partial charge on any atom is 0.128 e. The Morgan fingerprint density at radius 2 is 1.72 bits per heavy atom. The zero-order valence-corrected chi connectivity index (χ0v) is 11.7. The number of nitrogens with one attached hydrogen (secondary N) is 1.